The molecule has 0 unspecified atom stereocenters. The third-order valence-corrected chi connectivity index (χ3v) is 20.8. The Morgan fingerprint density at radius 1 is 0.443 bits per heavy atom. The first-order valence-corrected chi connectivity index (χ1v) is 34.9. The number of likely N-dealkylation sites (N-methyl/N-ethyl adjacent to an activating group) is 7. The first-order valence-electron chi connectivity index (χ1n) is 34.9. The standard InChI is InChI=1S/C14H23NO.C12H17NO.C11H21NO.C10H19NO.2C9H17NO.C9H19NO/c1-9(16)13(15-2)14-6-10-3-11(7-14)5-12(4-10)8-14;1-10(14)12(13(2)3)9-11-7-5-4-6-8-11;1-9(13)11(12-2)8-10-6-4-3-5-7-10;1-8(12)10(11-2)9-6-4-3-5-7-9;1-7(11)9(10-2)6-8-4-3-5-8;1-7(11)9(10-2)8-5-3-4-6-8;1-7(2)6-9(8(3)11)10(4)5/h10-13,15H,3-8H2,1-2H3;4-8,12H,9H2,1-3H3;10-12H,3-8H2,1-2H3;9-11H,3-7H2,1-2H3;2*8-10H,3-6H2,1-2H3;7,9H,6H2,1-5H3/t10?,11?,12?,13-,14?;12-;11-;10-;3*9-/m1001010/s1. The predicted molar refractivity (Wildman–Crippen MR) is 366 cm³/mol. The average molecular weight is 1230 g/mol. The largest absolute Gasteiger partial charge is 0.311 e. The molecular formula is C74H133N7O7. The Morgan fingerprint density at radius 2 is 0.807 bits per heavy atom. The lowest BCUT2D eigenvalue weighted by Crippen LogP contribution is -2.57. The van der Waals surface area contributed by atoms with Crippen LogP contribution in [0, 0.1) is 52.8 Å². The molecule has 1 aromatic carbocycles. The van der Waals surface area contributed by atoms with Crippen molar-refractivity contribution in [3.63, 3.8) is 0 Å². The first kappa shape index (κ1) is 80.7. The van der Waals surface area contributed by atoms with Crippen LogP contribution in [-0.2, 0) is 40.0 Å². The van der Waals surface area contributed by atoms with Crippen LogP contribution in [0.5, 0.6) is 0 Å². The van der Waals surface area contributed by atoms with Crippen molar-refractivity contribution in [2.24, 2.45) is 52.8 Å². The minimum absolute atomic E-state index is 0.00241. The summed E-state index contributed by atoms with van der Waals surface area (Å²) in [4.78, 5) is 82.7. The van der Waals surface area contributed by atoms with E-state index in [2.05, 4.69) is 52.6 Å². The van der Waals surface area contributed by atoms with Gasteiger partial charge < -0.3 is 26.6 Å². The second-order valence-corrected chi connectivity index (χ2v) is 29.0. The summed E-state index contributed by atoms with van der Waals surface area (Å²) >= 11 is 0. The van der Waals surface area contributed by atoms with Crippen molar-refractivity contribution < 1.29 is 33.6 Å². The Kier molecular flexibility index (Phi) is 39.9. The van der Waals surface area contributed by atoms with Crippen LogP contribution >= 0.6 is 0 Å². The first-order chi connectivity index (χ1) is 41.7. The molecule has 1 aromatic rings. The van der Waals surface area contributed by atoms with E-state index in [0.29, 0.717) is 40.5 Å². The van der Waals surface area contributed by atoms with Gasteiger partial charge in [0.25, 0.3) is 0 Å². The van der Waals surface area contributed by atoms with Crippen molar-refractivity contribution in [2.45, 2.75) is 278 Å². The minimum Gasteiger partial charge on any atom is -0.311 e. The molecule has 0 amide bonds. The van der Waals surface area contributed by atoms with Gasteiger partial charge >= 0.3 is 0 Å². The SMILES string of the molecule is CC(=O)[C@H](CC(C)C)N(C)C.CC(=O)[C@H](Cc1ccccc1)N(C)C.CN[C@@H](CC1CCC1)C(C)=O.CN[C@@H](CC1CCCCC1)C(C)=O.CN[C@H](C(C)=O)C12CC3CC(CC(C3)C1)C2.CN[C@H](C(C)=O)C1CCCC1.CN[C@H](C(C)=O)C1CCCCC1. The van der Waals surface area contributed by atoms with E-state index < -0.39 is 0 Å². The van der Waals surface area contributed by atoms with Gasteiger partial charge in [-0.15, -0.1) is 0 Å². The number of Topliss-reactive ketones (excluding diaryl/α,β-unsaturated/α-hetero) is 7. The number of benzene rings is 1. The highest BCUT2D eigenvalue weighted by Gasteiger charge is 2.55. The lowest BCUT2D eigenvalue weighted by atomic mass is 9.47. The molecule has 0 heterocycles. The Balaban J connectivity index is 0.000000352. The average Bonchev–Trinajstić information content (AvgIpc) is 0.915. The van der Waals surface area contributed by atoms with Crippen molar-refractivity contribution in [1.82, 2.24) is 36.4 Å². The van der Waals surface area contributed by atoms with Gasteiger partial charge in [-0.3, -0.25) is 43.4 Å². The summed E-state index contributed by atoms with van der Waals surface area (Å²) in [5.74, 6) is 8.18. The third-order valence-electron chi connectivity index (χ3n) is 20.8. The monoisotopic (exact) mass is 1230 g/mol. The normalized spacial score (nSPS) is 23.9. The van der Waals surface area contributed by atoms with Gasteiger partial charge in [-0.05, 0) is 260 Å². The Labute approximate surface area is 538 Å². The van der Waals surface area contributed by atoms with Gasteiger partial charge in [0.15, 0.2) is 0 Å². The summed E-state index contributed by atoms with van der Waals surface area (Å²) in [5, 5.41) is 15.7. The molecule has 8 aliphatic rings. The fraction of sp³-hybridized carbons (Fsp3) is 0.824. The second-order valence-electron chi connectivity index (χ2n) is 29.0. The van der Waals surface area contributed by atoms with E-state index >= 15 is 0 Å². The van der Waals surface area contributed by atoms with Gasteiger partial charge in [0, 0.05) is 0 Å². The van der Waals surface area contributed by atoms with Crippen molar-refractivity contribution in [2.75, 3.05) is 63.4 Å². The fourth-order valence-corrected chi connectivity index (χ4v) is 16.3. The van der Waals surface area contributed by atoms with E-state index in [0.717, 1.165) is 55.3 Å². The Morgan fingerprint density at radius 3 is 1.07 bits per heavy atom. The summed E-state index contributed by atoms with van der Waals surface area (Å²) in [6.07, 6.45) is 34.4. The number of carbonyl (C=O) groups excluding carboxylic acids is 7. The van der Waals surface area contributed by atoms with Crippen LogP contribution in [0.3, 0.4) is 0 Å². The lowest BCUT2D eigenvalue weighted by Gasteiger charge is -2.59. The fourth-order valence-electron chi connectivity index (χ4n) is 16.3. The molecule has 88 heavy (non-hydrogen) atoms. The molecule has 4 bridgehead atoms. The lowest BCUT2D eigenvalue weighted by molar-refractivity contribution is -0.131. The van der Waals surface area contributed by atoms with Crippen molar-refractivity contribution in [3.05, 3.63) is 35.9 Å². The Bertz CT molecular complexity index is 2100. The van der Waals surface area contributed by atoms with Crippen molar-refractivity contribution in [3.8, 4) is 0 Å². The van der Waals surface area contributed by atoms with E-state index in [-0.39, 0.29) is 65.4 Å². The van der Waals surface area contributed by atoms with E-state index in [1.54, 1.807) is 48.5 Å². The molecule has 0 spiro atoms. The van der Waals surface area contributed by atoms with E-state index in [4.69, 9.17) is 0 Å². The topological polar surface area (TPSA) is 186 Å². The van der Waals surface area contributed by atoms with E-state index in [1.807, 2.05) is 91.4 Å². The molecule has 0 aromatic heterocycles. The molecule has 14 heteroatoms. The number of nitrogens with one attached hydrogen (secondary N) is 5. The van der Waals surface area contributed by atoms with Crippen LogP contribution in [0.25, 0.3) is 0 Å². The number of nitrogens with zero attached hydrogens (tertiary/aromatic N) is 2. The van der Waals surface area contributed by atoms with Crippen LogP contribution in [0.15, 0.2) is 30.3 Å². The van der Waals surface area contributed by atoms with Gasteiger partial charge in [0.05, 0.1) is 42.3 Å². The predicted octanol–water partition coefficient (Wildman–Crippen LogP) is 12.3. The van der Waals surface area contributed by atoms with Crippen LogP contribution in [0.4, 0.5) is 0 Å². The molecule has 7 atom stereocenters. The molecule has 5 N–H and O–H groups in total. The van der Waals surface area contributed by atoms with Crippen LogP contribution in [0.1, 0.15) is 235 Å². The number of rotatable bonds is 25. The zero-order chi connectivity index (χ0) is 66.1. The maximum atomic E-state index is 11.8. The van der Waals surface area contributed by atoms with E-state index in [9.17, 15) is 33.6 Å². The molecule has 9 rings (SSSR count). The quantitative estimate of drug-likeness (QED) is 0.0622. The molecule has 506 valence electrons. The molecular weight excluding hydrogens is 1100 g/mol. The molecule has 0 radical (unpaired) electrons. The maximum absolute atomic E-state index is 11.8. The minimum atomic E-state index is -0.00241. The molecule has 8 fully saturated rings. The van der Waals surface area contributed by atoms with Crippen LogP contribution in [0.2, 0.25) is 0 Å². The van der Waals surface area contributed by atoms with Crippen molar-refractivity contribution in [1.29, 1.82) is 0 Å². The third kappa shape index (κ3) is 29.5. The summed E-state index contributed by atoms with van der Waals surface area (Å²) in [7, 11) is 17.3. The molecule has 8 saturated carbocycles. The second kappa shape index (κ2) is 43.5. The van der Waals surface area contributed by atoms with E-state index in [1.165, 1.54) is 153 Å². The zero-order valence-electron chi connectivity index (χ0n) is 59.4. The Hall–Kier alpha value is -3.37. The number of hydrogen-bond acceptors (Lipinski definition) is 14. The van der Waals surface area contributed by atoms with Crippen LogP contribution in [-0.4, -0.2) is 156 Å². The van der Waals surface area contributed by atoms with Gasteiger partial charge in [0.1, 0.15) is 40.5 Å². The number of ketones is 7. The number of hydrogen-bond donors (Lipinski definition) is 5. The van der Waals surface area contributed by atoms with Gasteiger partial charge in [0.2, 0.25) is 0 Å². The van der Waals surface area contributed by atoms with Crippen LogP contribution < -0.4 is 26.6 Å². The van der Waals surface area contributed by atoms with Crippen molar-refractivity contribution >= 4 is 40.5 Å². The highest BCUT2D eigenvalue weighted by atomic mass is 16.2. The maximum Gasteiger partial charge on any atom is 0.147 e. The highest BCUT2D eigenvalue weighted by molar-refractivity contribution is 5.84. The summed E-state index contributed by atoms with van der Waals surface area (Å²) in [6.45, 7) is 16.1. The summed E-state index contributed by atoms with van der Waals surface area (Å²) in [6, 6.07) is 10.8. The molecule has 0 saturated heterocycles. The summed E-state index contributed by atoms with van der Waals surface area (Å²) in [5.41, 5.74) is 1.54. The van der Waals surface area contributed by atoms with Gasteiger partial charge in [-0.2, -0.15) is 0 Å². The molecule has 14 nitrogen and oxygen atoms in total. The van der Waals surface area contributed by atoms with Gasteiger partial charge in [-0.1, -0.05) is 128 Å². The zero-order valence-corrected chi connectivity index (χ0v) is 59.4. The highest BCUT2D eigenvalue weighted by Crippen LogP contribution is 2.61. The smallest absolute Gasteiger partial charge is 0.147 e. The summed E-state index contributed by atoms with van der Waals surface area (Å²) < 4.78 is 0. The molecule has 8 aliphatic carbocycles. The van der Waals surface area contributed by atoms with Gasteiger partial charge in [-0.25, -0.2) is 0 Å². The number of carbonyl (C=O) groups is 7. The molecule has 0 aliphatic heterocycles.